The van der Waals surface area contributed by atoms with Crippen molar-refractivity contribution in [1.82, 2.24) is 0 Å². The molecule has 0 unspecified atom stereocenters. The average Bonchev–Trinajstić information content (AvgIpc) is 2.39. The van der Waals surface area contributed by atoms with Gasteiger partial charge in [0.1, 0.15) is 5.75 Å². The Bertz CT molecular complexity index is 521. The molecule has 0 amide bonds. The average molecular weight is 255 g/mol. The van der Waals surface area contributed by atoms with Gasteiger partial charge >= 0.3 is 0 Å². The van der Waals surface area contributed by atoms with Gasteiger partial charge in [0.25, 0.3) is 0 Å². The first kappa shape index (κ1) is 13.6. The molecule has 2 N–H and O–H groups in total. The van der Waals surface area contributed by atoms with Crippen molar-refractivity contribution in [3.8, 4) is 16.9 Å². The summed E-state index contributed by atoms with van der Waals surface area (Å²) in [6.07, 6.45) is 0. The highest BCUT2D eigenvalue weighted by molar-refractivity contribution is 5.64. The highest BCUT2D eigenvalue weighted by Gasteiger charge is 2.13. The van der Waals surface area contributed by atoms with E-state index in [1.807, 2.05) is 32.9 Å². The summed E-state index contributed by atoms with van der Waals surface area (Å²) in [4.78, 5) is 0. The lowest BCUT2D eigenvalue weighted by atomic mass is 9.93. The first-order valence-electron chi connectivity index (χ1n) is 6.63. The molecule has 0 aliphatic carbocycles. The van der Waals surface area contributed by atoms with Crippen LogP contribution in [0.15, 0.2) is 48.5 Å². The number of hydrogen-bond acceptors (Lipinski definition) is 2. The monoisotopic (exact) mass is 255 g/mol. The van der Waals surface area contributed by atoms with Crippen LogP contribution in [-0.4, -0.2) is 6.61 Å². The van der Waals surface area contributed by atoms with E-state index in [1.165, 1.54) is 11.1 Å². The number of hydrogen-bond donors (Lipinski definition) is 1. The number of nitrogens with two attached hydrogens (primary N) is 1. The van der Waals surface area contributed by atoms with Gasteiger partial charge in [-0.25, -0.2) is 0 Å². The molecular weight excluding hydrogens is 234 g/mol. The predicted molar refractivity (Wildman–Crippen MR) is 80.3 cm³/mol. The molecule has 0 aliphatic heterocycles. The van der Waals surface area contributed by atoms with Crippen LogP contribution in [0.2, 0.25) is 0 Å². The number of rotatable bonds is 4. The van der Waals surface area contributed by atoms with Gasteiger partial charge in [-0.3, -0.25) is 0 Å². The summed E-state index contributed by atoms with van der Waals surface area (Å²) in [7, 11) is 0. The van der Waals surface area contributed by atoms with E-state index in [2.05, 4.69) is 36.4 Å². The zero-order chi connectivity index (χ0) is 13.9. The normalized spacial score (nSPS) is 11.4. The maximum absolute atomic E-state index is 6.08. The Morgan fingerprint density at radius 2 is 1.37 bits per heavy atom. The van der Waals surface area contributed by atoms with Crippen molar-refractivity contribution in [3.63, 3.8) is 0 Å². The van der Waals surface area contributed by atoms with E-state index in [1.54, 1.807) is 0 Å². The maximum Gasteiger partial charge on any atom is 0.119 e. The summed E-state index contributed by atoms with van der Waals surface area (Å²) in [6, 6.07) is 16.6. The van der Waals surface area contributed by atoms with Crippen molar-refractivity contribution >= 4 is 0 Å². The van der Waals surface area contributed by atoms with E-state index >= 15 is 0 Å². The lowest BCUT2D eigenvalue weighted by molar-refractivity contribution is 0.340. The van der Waals surface area contributed by atoms with Crippen molar-refractivity contribution in [3.05, 3.63) is 54.1 Å². The lowest BCUT2D eigenvalue weighted by Gasteiger charge is -2.19. The zero-order valence-electron chi connectivity index (χ0n) is 11.8. The molecule has 0 saturated carbocycles. The summed E-state index contributed by atoms with van der Waals surface area (Å²) in [5.74, 6) is 0.908. The Balaban J connectivity index is 2.22. The van der Waals surface area contributed by atoms with Crippen LogP contribution in [0.5, 0.6) is 5.75 Å². The van der Waals surface area contributed by atoms with Crippen LogP contribution in [0.1, 0.15) is 26.3 Å². The van der Waals surface area contributed by atoms with Crippen molar-refractivity contribution in [2.45, 2.75) is 26.3 Å². The molecule has 0 spiro atoms. The maximum atomic E-state index is 6.08. The molecule has 0 aliphatic rings. The standard InChI is InChI=1S/C17H21NO/c1-4-19-16-11-7-14(8-12-16)13-5-9-15(10-6-13)17(2,3)18/h5-12H,4,18H2,1-3H3. The molecule has 2 nitrogen and oxygen atoms in total. The SMILES string of the molecule is CCOc1ccc(-c2ccc(C(C)(C)N)cc2)cc1. The molecule has 0 bridgehead atoms. The highest BCUT2D eigenvalue weighted by Crippen LogP contribution is 2.25. The van der Waals surface area contributed by atoms with Crippen LogP contribution in [0.4, 0.5) is 0 Å². The minimum Gasteiger partial charge on any atom is -0.494 e. The molecule has 0 radical (unpaired) electrons. The van der Waals surface area contributed by atoms with E-state index in [0.717, 1.165) is 11.3 Å². The minimum absolute atomic E-state index is 0.294. The number of benzene rings is 2. The molecule has 19 heavy (non-hydrogen) atoms. The van der Waals surface area contributed by atoms with E-state index in [9.17, 15) is 0 Å². The fraction of sp³-hybridized carbons (Fsp3) is 0.294. The fourth-order valence-corrected chi connectivity index (χ4v) is 2.00. The van der Waals surface area contributed by atoms with E-state index < -0.39 is 0 Å². The van der Waals surface area contributed by atoms with Crippen molar-refractivity contribution in [2.75, 3.05) is 6.61 Å². The Morgan fingerprint density at radius 1 is 0.895 bits per heavy atom. The Hall–Kier alpha value is -1.80. The summed E-state index contributed by atoms with van der Waals surface area (Å²) in [6.45, 7) is 6.71. The third kappa shape index (κ3) is 3.36. The van der Waals surface area contributed by atoms with Gasteiger partial charge < -0.3 is 10.5 Å². The van der Waals surface area contributed by atoms with Gasteiger partial charge in [-0.15, -0.1) is 0 Å². The third-order valence-corrected chi connectivity index (χ3v) is 3.13. The van der Waals surface area contributed by atoms with Gasteiger partial charge in [0.2, 0.25) is 0 Å². The summed E-state index contributed by atoms with van der Waals surface area (Å²) < 4.78 is 5.44. The Kier molecular flexibility index (Phi) is 3.91. The second kappa shape index (κ2) is 5.45. The van der Waals surface area contributed by atoms with Crippen LogP contribution >= 0.6 is 0 Å². The van der Waals surface area contributed by atoms with Gasteiger partial charge in [0.15, 0.2) is 0 Å². The van der Waals surface area contributed by atoms with E-state index in [-0.39, 0.29) is 5.54 Å². The second-order valence-electron chi connectivity index (χ2n) is 5.26. The highest BCUT2D eigenvalue weighted by atomic mass is 16.5. The van der Waals surface area contributed by atoms with Crippen LogP contribution in [-0.2, 0) is 5.54 Å². The van der Waals surface area contributed by atoms with Crippen LogP contribution in [0.3, 0.4) is 0 Å². The van der Waals surface area contributed by atoms with Gasteiger partial charge in [-0.2, -0.15) is 0 Å². The molecule has 2 aromatic carbocycles. The smallest absolute Gasteiger partial charge is 0.119 e. The van der Waals surface area contributed by atoms with E-state index in [4.69, 9.17) is 10.5 Å². The molecule has 0 atom stereocenters. The predicted octanol–water partition coefficient (Wildman–Crippen LogP) is 3.95. The third-order valence-electron chi connectivity index (χ3n) is 3.13. The molecule has 2 heteroatoms. The van der Waals surface area contributed by atoms with Crippen molar-refractivity contribution in [1.29, 1.82) is 0 Å². The molecule has 0 fully saturated rings. The lowest BCUT2D eigenvalue weighted by Crippen LogP contribution is -2.28. The van der Waals surface area contributed by atoms with Gasteiger partial charge in [-0.05, 0) is 49.6 Å². The molecule has 0 aromatic heterocycles. The largest absolute Gasteiger partial charge is 0.494 e. The fourth-order valence-electron chi connectivity index (χ4n) is 2.00. The van der Waals surface area contributed by atoms with Crippen molar-refractivity contribution in [2.24, 2.45) is 5.73 Å². The minimum atomic E-state index is -0.294. The number of ether oxygens (including phenoxy) is 1. The quantitative estimate of drug-likeness (QED) is 0.898. The second-order valence-corrected chi connectivity index (χ2v) is 5.26. The first-order chi connectivity index (χ1) is 9.00. The molecule has 2 aromatic rings. The molecule has 100 valence electrons. The zero-order valence-corrected chi connectivity index (χ0v) is 11.8. The topological polar surface area (TPSA) is 35.2 Å². The summed E-state index contributed by atoms with van der Waals surface area (Å²) in [5.41, 5.74) is 9.30. The van der Waals surface area contributed by atoms with Gasteiger partial charge in [0.05, 0.1) is 6.61 Å². The summed E-state index contributed by atoms with van der Waals surface area (Å²) >= 11 is 0. The summed E-state index contributed by atoms with van der Waals surface area (Å²) in [5, 5.41) is 0. The van der Waals surface area contributed by atoms with E-state index in [0.29, 0.717) is 6.61 Å². The van der Waals surface area contributed by atoms with Gasteiger partial charge in [-0.1, -0.05) is 36.4 Å². The molecule has 0 heterocycles. The Labute approximate surface area is 115 Å². The molecule has 0 saturated heterocycles. The first-order valence-corrected chi connectivity index (χ1v) is 6.63. The molecule has 2 rings (SSSR count). The van der Waals surface area contributed by atoms with Crippen LogP contribution in [0, 0.1) is 0 Å². The van der Waals surface area contributed by atoms with Crippen LogP contribution in [0.25, 0.3) is 11.1 Å². The Morgan fingerprint density at radius 3 is 1.79 bits per heavy atom. The van der Waals surface area contributed by atoms with Gasteiger partial charge in [0, 0.05) is 5.54 Å². The van der Waals surface area contributed by atoms with Crippen molar-refractivity contribution < 1.29 is 4.74 Å². The van der Waals surface area contributed by atoms with Crippen LogP contribution < -0.4 is 10.5 Å². The molecular formula is C17H21NO.